The number of imide groups is 1. The molecule has 3 rings (SSSR count). The van der Waals surface area contributed by atoms with Crippen molar-refractivity contribution < 1.29 is 19.1 Å². The van der Waals surface area contributed by atoms with Crippen LogP contribution in [0.25, 0.3) is 0 Å². The molecule has 0 aliphatic heterocycles. The minimum absolute atomic E-state index is 0.0635. The molecule has 0 aliphatic rings. The van der Waals surface area contributed by atoms with E-state index in [2.05, 4.69) is 0 Å². The summed E-state index contributed by atoms with van der Waals surface area (Å²) in [6, 6.07) is 25.6. The first-order chi connectivity index (χ1) is 13.6. The number of hydrogen-bond donors (Lipinski definition) is 0. The fourth-order valence-electron chi connectivity index (χ4n) is 2.55. The molecular formula is C23H21NO4. The lowest BCUT2D eigenvalue weighted by Crippen LogP contribution is -2.37. The number of anilines is 1. The van der Waals surface area contributed by atoms with Crippen LogP contribution in [0.1, 0.15) is 16.7 Å². The van der Waals surface area contributed by atoms with Gasteiger partial charge in [0.2, 0.25) is 0 Å². The van der Waals surface area contributed by atoms with Crippen LogP contribution in [0.3, 0.4) is 0 Å². The van der Waals surface area contributed by atoms with Gasteiger partial charge in [-0.15, -0.1) is 0 Å². The Labute approximate surface area is 164 Å². The Morgan fingerprint density at radius 2 is 1.11 bits per heavy atom. The Hall–Kier alpha value is -3.60. The Balaban J connectivity index is 1.73. The third-order valence-electron chi connectivity index (χ3n) is 4.07. The summed E-state index contributed by atoms with van der Waals surface area (Å²) in [5, 5.41) is 0. The number of hydrogen-bond acceptors (Lipinski definition) is 4. The van der Waals surface area contributed by atoms with Crippen molar-refractivity contribution in [2.75, 3.05) is 4.90 Å². The number of aryl methyl sites for hydroxylation is 1. The summed E-state index contributed by atoms with van der Waals surface area (Å²) >= 11 is 0. The van der Waals surface area contributed by atoms with Gasteiger partial charge in [0.15, 0.2) is 0 Å². The predicted octanol–water partition coefficient (Wildman–Crippen LogP) is 5.48. The molecule has 0 spiro atoms. The van der Waals surface area contributed by atoms with Crippen molar-refractivity contribution in [3.8, 4) is 0 Å². The van der Waals surface area contributed by atoms with E-state index in [0.29, 0.717) is 5.69 Å². The lowest BCUT2D eigenvalue weighted by Gasteiger charge is -2.20. The number of benzene rings is 3. The molecule has 2 amide bonds. The molecule has 5 heteroatoms. The first-order valence-electron chi connectivity index (χ1n) is 8.91. The van der Waals surface area contributed by atoms with Crippen molar-refractivity contribution in [3.63, 3.8) is 0 Å². The maximum Gasteiger partial charge on any atom is 0.424 e. The van der Waals surface area contributed by atoms with E-state index in [1.807, 2.05) is 79.7 Å². The zero-order chi connectivity index (χ0) is 19.8. The molecule has 0 fully saturated rings. The Bertz CT molecular complexity index is 853. The van der Waals surface area contributed by atoms with Gasteiger partial charge in [-0.05, 0) is 30.2 Å². The van der Waals surface area contributed by atoms with Crippen LogP contribution in [-0.2, 0) is 22.7 Å². The minimum atomic E-state index is -0.786. The van der Waals surface area contributed by atoms with E-state index in [1.54, 1.807) is 12.1 Å². The highest BCUT2D eigenvalue weighted by Gasteiger charge is 2.26. The Morgan fingerprint density at radius 3 is 1.54 bits per heavy atom. The number of amides is 2. The molecule has 3 aromatic carbocycles. The maximum absolute atomic E-state index is 12.7. The number of carbonyl (C=O) groups is 2. The predicted molar refractivity (Wildman–Crippen MR) is 107 cm³/mol. The van der Waals surface area contributed by atoms with Crippen LogP contribution in [-0.4, -0.2) is 12.2 Å². The normalized spacial score (nSPS) is 10.2. The Morgan fingerprint density at radius 1 is 0.679 bits per heavy atom. The quantitative estimate of drug-likeness (QED) is 0.593. The van der Waals surface area contributed by atoms with E-state index in [-0.39, 0.29) is 13.2 Å². The van der Waals surface area contributed by atoms with Crippen LogP contribution in [0.2, 0.25) is 0 Å². The van der Waals surface area contributed by atoms with E-state index >= 15 is 0 Å². The summed E-state index contributed by atoms with van der Waals surface area (Å²) in [6.45, 7) is 2.05. The van der Waals surface area contributed by atoms with E-state index < -0.39 is 12.2 Å². The van der Waals surface area contributed by atoms with Gasteiger partial charge in [-0.3, -0.25) is 0 Å². The second kappa shape index (κ2) is 9.37. The molecule has 0 N–H and O–H groups in total. The fraction of sp³-hybridized carbons (Fsp3) is 0.130. The second-order valence-electron chi connectivity index (χ2n) is 6.25. The monoisotopic (exact) mass is 375 g/mol. The largest absolute Gasteiger partial charge is 0.444 e. The van der Waals surface area contributed by atoms with Crippen molar-refractivity contribution in [3.05, 3.63) is 102 Å². The Kier molecular flexibility index (Phi) is 6.41. The first kappa shape index (κ1) is 19.2. The summed E-state index contributed by atoms with van der Waals surface area (Å²) in [6.07, 6.45) is -1.57. The highest BCUT2D eigenvalue weighted by molar-refractivity contribution is 6.09. The highest BCUT2D eigenvalue weighted by atomic mass is 16.6. The lowest BCUT2D eigenvalue weighted by molar-refractivity contribution is 0.127. The molecule has 142 valence electrons. The van der Waals surface area contributed by atoms with E-state index in [9.17, 15) is 9.59 Å². The number of rotatable bonds is 5. The van der Waals surface area contributed by atoms with Crippen molar-refractivity contribution in [2.45, 2.75) is 20.1 Å². The molecule has 0 saturated carbocycles. The van der Waals surface area contributed by atoms with Gasteiger partial charge in [0.05, 0.1) is 5.69 Å². The first-order valence-corrected chi connectivity index (χ1v) is 8.91. The van der Waals surface area contributed by atoms with Gasteiger partial charge in [-0.1, -0.05) is 78.4 Å². The van der Waals surface area contributed by atoms with Crippen molar-refractivity contribution in [2.24, 2.45) is 0 Å². The molecule has 0 aromatic heterocycles. The average molecular weight is 375 g/mol. The van der Waals surface area contributed by atoms with Gasteiger partial charge in [0.25, 0.3) is 0 Å². The standard InChI is InChI=1S/C23H21NO4/c1-18-12-14-21(15-13-18)24(22(25)27-16-19-8-4-2-5-9-19)23(26)28-17-20-10-6-3-7-11-20/h2-15H,16-17H2,1H3. The van der Waals surface area contributed by atoms with E-state index in [4.69, 9.17) is 9.47 Å². The van der Waals surface area contributed by atoms with Crippen molar-refractivity contribution in [1.29, 1.82) is 0 Å². The van der Waals surface area contributed by atoms with Crippen LogP contribution >= 0.6 is 0 Å². The highest BCUT2D eigenvalue weighted by Crippen LogP contribution is 2.19. The van der Waals surface area contributed by atoms with E-state index in [0.717, 1.165) is 21.6 Å². The summed E-state index contributed by atoms with van der Waals surface area (Å²) in [5.74, 6) is 0. The second-order valence-corrected chi connectivity index (χ2v) is 6.25. The smallest absolute Gasteiger partial charge is 0.424 e. The lowest BCUT2D eigenvalue weighted by atomic mass is 10.2. The third-order valence-corrected chi connectivity index (χ3v) is 4.07. The molecule has 0 unspecified atom stereocenters. The number of carbonyl (C=O) groups excluding carboxylic acids is 2. The van der Waals surface area contributed by atoms with Crippen LogP contribution in [0.15, 0.2) is 84.9 Å². The van der Waals surface area contributed by atoms with Gasteiger partial charge in [-0.2, -0.15) is 4.90 Å². The summed E-state index contributed by atoms with van der Waals surface area (Å²) in [5.41, 5.74) is 3.07. The summed E-state index contributed by atoms with van der Waals surface area (Å²) in [4.78, 5) is 26.2. The molecule has 0 bridgehead atoms. The fourth-order valence-corrected chi connectivity index (χ4v) is 2.55. The average Bonchev–Trinajstić information content (AvgIpc) is 2.74. The van der Waals surface area contributed by atoms with Crippen LogP contribution in [0.5, 0.6) is 0 Å². The number of nitrogens with zero attached hydrogens (tertiary/aromatic N) is 1. The van der Waals surface area contributed by atoms with Crippen LogP contribution < -0.4 is 4.90 Å². The van der Waals surface area contributed by atoms with E-state index in [1.165, 1.54) is 0 Å². The van der Waals surface area contributed by atoms with Gasteiger partial charge in [-0.25, -0.2) is 9.59 Å². The topological polar surface area (TPSA) is 55.8 Å². The third kappa shape index (κ3) is 5.20. The molecule has 0 aliphatic carbocycles. The molecule has 0 saturated heterocycles. The van der Waals surface area contributed by atoms with Gasteiger partial charge >= 0.3 is 12.2 Å². The molecule has 28 heavy (non-hydrogen) atoms. The summed E-state index contributed by atoms with van der Waals surface area (Å²) < 4.78 is 10.7. The SMILES string of the molecule is Cc1ccc(N(C(=O)OCc2ccccc2)C(=O)OCc2ccccc2)cc1. The van der Waals surface area contributed by atoms with Crippen LogP contribution in [0.4, 0.5) is 15.3 Å². The zero-order valence-corrected chi connectivity index (χ0v) is 15.6. The minimum Gasteiger partial charge on any atom is -0.444 e. The molecule has 0 heterocycles. The van der Waals surface area contributed by atoms with Crippen molar-refractivity contribution in [1.82, 2.24) is 0 Å². The molecule has 0 atom stereocenters. The zero-order valence-electron chi connectivity index (χ0n) is 15.6. The van der Waals surface area contributed by atoms with Crippen molar-refractivity contribution >= 4 is 17.9 Å². The molecular weight excluding hydrogens is 354 g/mol. The molecule has 0 radical (unpaired) electrons. The molecule has 3 aromatic rings. The van der Waals surface area contributed by atoms with Gasteiger partial charge < -0.3 is 9.47 Å². The van der Waals surface area contributed by atoms with Crippen LogP contribution in [0, 0.1) is 6.92 Å². The van der Waals surface area contributed by atoms with Gasteiger partial charge in [0.1, 0.15) is 13.2 Å². The summed E-state index contributed by atoms with van der Waals surface area (Å²) in [7, 11) is 0. The van der Waals surface area contributed by atoms with Gasteiger partial charge in [0, 0.05) is 0 Å². The molecule has 5 nitrogen and oxygen atoms in total. The number of ether oxygens (including phenoxy) is 2. The maximum atomic E-state index is 12.7.